The lowest BCUT2D eigenvalue weighted by Gasteiger charge is -2.06. The van der Waals surface area contributed by atoms with Crippen molar-refractivity contribution in [3.63, 3.8) is 0 Å². The molecule has 0 saturated heterocycles. The largest absolute Gasteiger partial charge is 0.384 e. The van der Waals surface area contributed by atoms with E-state index in [-0.39, 0.29) is 0 Å². The van der Waals surface area contributed by atoms with Gasteiger partial charge >= 0.3 is 0 Å². The van der Waals surface area contributed by atoms with Crippen molar-refractivity contribution in [3.8, 4) is 0 Å². The minimum absolute atomic E-state index is 0.906. The molecule has 0 unspecified atom stereocenters. The van der Waals surface area contributed by atoms with Crippen LogP contribution in [0.15, 0.2) is 35.3 Å². The monoisotopic (exact) mass is 219 g/mol. The highest BCUT2D eigenvalue weighted by Crippen LogP contribution is 2.20. The van der Waals surface area contributed by atoms with Gasteiger partial charge < -0.3 is 10.6 Å². The maximum Gasteiger partial charge on any atom is 0.0591 e. The minimum atomic E-state index is 0.906. The minimum Gasteiger partial charge on any atom is -0.384 e. The van der Waals surface area contributed by atoms with E-state index < -0.39 is 0 Å². The van der Waals surface area contributed by atoms with E-state index in [1.807, 2.05) is 29.9 Å². The molecule has 78 valence electrons. The summed E-state index contributed by atoms with van der Waals surface area (Å²) in [6, 6.07) is 4.10. The molecular formula is C11H13N3S. The van der Waals surface area contributed by atoms with Gasteiger partial charge in [-0.1, -0.05) is 0 Å². The molecule has 0 fully saturated rings. The van der Waals surface area contributed by atoms with Crippen LogP contribution in [-0.2, 0) is 0 Å². The summed E-state index contributed by atoms with van der Waals surface area (Å²) in [5, 5.41) is 10.6. The van der Waals surface area contributed by atoms with Gasteiger partial charge in [0.25, 0.3) is 0 Å². The van der Waals surface area contributed by atoms with Crippen molar-refractivity contribution >= 4 is 28.4 Å². The topological polar surface area (TPSA) is 37.0 Å². The average Bonchev–Trinajstić information content (AvgIpc) is 2.71. The standard InChI is InChI=1S/C11H13N3S/c1-2-13-10-5-11(7-12-6-10)14-9-3-4-15-8-9/h3-8,13-14H,2H2,1H3. The van der Waals surface area contributed by atoms with Crippen molar-refractivity contribution in [2.24, 2.45) is 0 Å². The number of pyridine rings is 1. The molecule has 3 nitrogen and oxygen atoms in total. The molecule has 0 aromatic carbocycles. The molecule has 0 saturated carbocycles. The van der Waals surface area contributed by atoms with Gasteiger partial charge in [-0.05, 0) is 24.4 Å². The Morgan fingerprint density at radius 1 is 1.27 bits per heavy atom. The Labute approximate surface area is 93.2 Å². The van der Waals surface area contributed by atoms with Crippen LogP contribution in [0, 0.1) is 0 Å². The number of rotatable bonds is 4. The first-order chi connectivity index (χ1) is 7.38. The molecular weight excluding hydrogens is 206 g/mol. The van der Waals surface area contributed by atoms with Gasteiger partial charge in [-0.3, -0.25) is 4.98 Å². The zero-order valence-electron chi connectivity index (χ0n) is 8.53. The second-order valence-electron chi connectivity index (χ2n) is 3.13. The maximum atomic E-state index is 4.16. The normalized spacial score (nSPS) is 9.93. The SMILES string of the molecule is CCNc1cncc(Nc2ccsc2)c1. The number of thiophene rings is 1. The lowest BCUT2D eigenvalue weighted by Crippen LogP contribution is -1.98. The predicted octanol–water partition coefficient (Wildman–Crippen LogP) is 3.32. The Morgan fingerprint density at radius 2 is 2.13 bits per heavy atom. The molecule has 15 heavy (non-hydrogen) atoms. The molecule has 4 heteroatoms. The summed E-state index contributed by atoms with van der Waals surface area (Å²) < 4.78 is 0. The number of hydrogen-bond acceptors (Lipinski definition) is 4. The van der Waals surface area contributed by atoms with Crippen LogP contribution in [0.1, 0.15) is 6.92 Å². The summed E-state index contributed by atoms with van der Waals surface area (Å²) in [7, 11) is 0. The fourth-order valence-electron chi connectivity index (χ4n) is 1.31. The molecule has 0 aliphatic carbocycles. The van der Waals surface area contributed by atoms with E-state index in [1.54, 1.807) is 11.3 Å². The third-order valence-electron chi connectivity index (χ3n) is 1.93. The molecule has 0 aliphatic heterocycles. The first kappa shape index (κ1) is 9.98. The van der Waals surface area contributed by atoms with Gasteiger partial charge in [-0.25, -0.2) is 0 Å². The third kappa shape index (κ3) is 2.70. The zero-order valence-corrected chi connectivity index (χ0v) is 9.34. The summed E-state index contributed by atoms with van der Waals surface area (Å²) >= 11 is 1.67. The highest BCUT2D eigenvalue weighted by atomic mass is 32.1. The molecule has 2 aromatic heterocycles. The van der Waals surface area contributed by atoms with Gasteiger partial charge in [0.2, 0.25) is 0 Å². The predicted molar refractivity (Wildman–Crippen MR) is 66.0 cm³/mol. The zero-order chi connectivity index (χ0) is 10.5. The van der Waals surface area contributed by atoms with Crippen LogP contribution in [0.3, 0.4) is 0 Å². The van der Waals surface area contributed by atoms with Gasteiger partial charge in [0.15, 0.2) is 0 Å². The second-order valence-corrected chi connectivity index (χ2v) is 3.91. The van der Waals surface area contributed by atoms with Crippen LogP contribution in [0.4, 0.5) is 17.1 Å². The van der Waals surface area contributed by atoms with E-state index >= 15 is 0 Å². The van der Waals surface area contributed by atoms with Crippen LogP contribution in [0.25, 0.3) is 0 Å². The van der Waals surface area contributed by atoms with E-state index in [9.17, 15) is 0 Å². The van der Waals surface area contributed by atoms with Crippen LogP contribution in [0.2, 0.25) is 0 Å². The molecule has 2 rings (SSSR count). The van der Waals surface area contributed by atoms with Gasteiger partial charge in [0.05, 0.1) is 23.8 Å². The Morgan fingerprint density at radius 3 is 2.87 bits per heavy atom. The maximum absolute atomic E-state index is 4.16. The van der Waals surface area contributed by atoms with Gasteiger partial charge in [0, 0.05) is 17.6 Å². The molecule has 0 aliphatic rings. The van der Waals surface area contributed by atoms with Gasteiger partial charge in [-0.15, -0.1) is 0 Å². The molecule has 0 bridgehead atoms. The summed E-state index contributed by atoms with van der Waals surface area (Å²) in [5.41, 5.74) is 3.15. The molecule has 2 N–H and O–H groups in total. The average molecular weight is 219 g/mol. The van der Waals surface area contributed by atoms with Crippen LogP contribution in [-0.4, -0.2) is 11.5 Å². The van der Waals surface area contributed by atoms with E-state index in [0.29, 0.717) is 0 Å². The number of hydrogen-bond donors (Lipinski definition) is 2. The quantitative estimate of drug-likeness (QED) is 0.828. The molecule has 2 heterocycles. The first-order valence-corrected chi connectivity index (χ1v) is 5.81. The van der Waals surface area contributed by atoms with Crippen LogP contribution in [0.5, 0.6) is 0 Å². The molecule has 0 radical (unpaired) electrons. The van der Waals surface area contributed by atoms with Crippen molar-refractivity contribution < 1.29 is 0 Å². The Hall–Kier alpha value is -1.55. The smallest absolute Gasteiger partial charge is 0.0591 e. The molecule has 2 aromatic rings. The van der Waals surface area contributed by atoms with Crippen molar-refractivity contribution in [1.29, 1.82) is 0 Å². The Bertz CT molecular complexity index is 412. The number of aromatic nitrogens is 1. The summed E-state index contributed by atoms with van der Waals surface area (Å²) in [6.07, 6.45) is 3.64. The fourth-order valence-corrected chi connectivity index (χ4v) is 1.90. The van der Waals surface area contributed by atoms with E-state index in [4.69, 9.17) is 0 Å². The summed E-state index contributed by atoms with van der Waals surface area (Å²) in [5.74, 6) is 0. The van der Waals surface area contributed by atoms with E-state index in [0.717, 1.165) is 23.6 Å². The molecule has 0 atom stereocenters. The van der Waals surface area contributed by atoms with E-state index in [2.05, 4.69) is 27.9 Å². The fraction of sp³-hybridized carbons (Fsp3) is 0.182. The third-order valence-corrected chi connectivity index (χ3v) is 2.61. The Kier molecular flexibility index (Phi) is 3.19. The van der Waals surface area contributed by atoms with Crippen molar-refractivity contribution in [2.45, 2.75) is 6.92 Å². The van der Waals surface area contributed by atoms with Gasteiger partial charge in [0.1, 0.15) is 0 Å². The number of nitrogens with zero attached hydrogens (tertiary/aromatic N) is 1. The summed E-state index contributed by atoms with van der Waals surface area (Å²) in [6.45, 7) is 2.97. The van der Waals surface area contributed by atoms with Crippen molar-refractivity contribution in [2.75, 3.05) is 17.2 Å². The number of anilines is 3. The lowest BCUT2D eigenvalue weighted by atomic mass is 10.3. The number of nitrogens with one attached hydrogen (secondary N) is 2. The molecule has 0 spiro atoms. The summed E-state index contributed by atoms with van der Waals surface area (Å²) in [4.78, 5) is 4.16. The lowest BCUT2D eigenvalue weighted by molar-refractivity contribution is 1.19. The highest BCUT2D eigenvalue weighted by molar-refractivity contribution is 7.08. The van der Waals surface area contributed by atoms with Crippen molar-refractivity contribution in [1.82, 2.24) is 4.98 Å². The van der Waals surface area contributed by atoms with E-state index in [1.165, 1.54) is 0 Å². The molecule has 0 amide bonds. The highest BCUT2D eigenvalue weighted by Gasteiger charge is 1.96. The van der Waals surface area contributed by atoms with Gasteiger partial charge in [-0.2, -0.15) is 11.3 Å². The first-order valence-electron chi connectivity index (χ1n) is 4.86. The van der Waals surface area contributed by atoms with Crippen LogP contribution >= 0.6 is 11.3 Å². The Balaban J connectivity index is 2.11. The van der Waals surface area contributed by atoms with Crippen LogP contribution < -0.4 is 10.6 Å². The van der Waals surface area contributed by atoms with Crippen molar-refractivity contribution in [3.05, 3.63) is 35.3 Å². The second kappa shape index (κ2) is 4.79.